The molecule has 2 rings (SSSR count). The Kier molecular flexibility index (Phi) is 3.48. The molecule has 112 valence electrons. The number of halogens is 5. The molecule has 0 saturated carbocycles. The first kappa shape index (κ1) is 15.0. The van der Waals surface area contributed by atoms with Gasteiger partial charge in [-0.2, -0.15) is 0 Å². The third-order valence-electron chi connectivity index (χ3n) is 3.07. The standard InChI is InChI=1S/C13H8F5NO2/c1-4-3-6(13(20)21)5(2)19(4)12-10(17)8(15)7(14)9(16)11(12)18/h3H,1-2H3,(H,20,21). The van der Waals surface area contributed by atoms with Crippen LogP contribution in [0.4, 0.5) is 22.0 Å². The maximum absolute atomic E-state index is 13.8. The Hall–Kier alpha value is -2.38. The molecule has 3 nitrogen and oxygen atoms in total. The Morgan fingerprint density at radius 1 is 0.952 bits per heavy atom. The summed E-state index contributed by atoms with van der Waals surface area (Å²) in [5.74, 6) is -11.9. The van der Waals surface area contributed by atoms with E-state index >= 15 is 0 Å². The molecule has 0 atom stereocenters. The van der Waals surface area contributed by atoms with E-state index in [9.17, 15) is 26.7 Å². The molecule has 0 amide bonds. The number of carboxylic acid groups (broad SMARTS) is 1. The van der Waals surface area contributed by atoms with E-state index in [-0.39, 0.29) is 17.0 Å². The van der Waals surface area contributed by atoms with Crippen LogP contribution in [0, 0.1) is 42.9 Å². The molecule has 1 heterocycles. The minimum atomic E-state index is -2.27. The average Bonchev–Trinajstić information content (AvgIpc) is 2.71. The van der Waals surface area contributed by atoms with Gasteiger partial charge in [0.15, 0.2) is 23.3 Å². The first-order chi connectivity index (χ1) is 9.68. The van der Waals surface area contributed by atoms with Crippen LogP contribution < -0.4 is 0 Å². The first-order valence-electron chi connectivity index (χ1n) is 5.62. The zero-order valence-corrected chi connectivity index (χ0v) is 10.8. The predicted octanol–water partition coefficient (Wildman–Crippen LogP) is 3.49. The number of hydrogen-bond acceptors (Lipinski definition) is 1. The SMILES string of the molecule is Cc1cc(C(=O)O)c(C)n1-c1c(F)c(F)c(F)c(F)c1F. The second kappa shape index (κ2) is 4.87. The molecule has 1 N–H and O–H groups in total. The molecule has 1 aromatic carbocycles. The van der Waals surface area contributed by atoms with Gasteiger partial charge in [0.1, 0.15) is 5.69 Å². The number of nitrogens with zero attached hydrogens (tertiary/aromatic N) is 1. The fourth-order valence-electron chi connectivity index (χ4n) is 2.11. The monoisotopic (exact) mass is 305 g/mol. The highest BCUT2D eigenvalue weighted by Crippen LogP contribution is 2.29. The summed E-state index contributed by atoms with van der Waals surface area (Å²) in [6.07, 6.45) is 0. The first-order valence-corrected chi connectivity index (χ1v) is 5.62. The van der Waals surface area contributed by atoms with Gasteiger partial charge in [0.05, 0.1) is 5.56 Å². The van der Waals surface area contributed by atoms with Crippen molar-refractivity contribution in [2.75, 3.05) is 0 Å². The van der Waals surface area contributed by atoms with Crippen LogP contribution >= 0.6 is 0 Å². The summed E-state index contributed by atoms with van der Waals surface area (Å²) < 4.78 is 67.7. The van der Waals surface area contributed by atoms with E-state index in [0.29, 0.717) is 4.57 Å². The van der Waals surface area contributed by atoms with Crippen molar-refractivity contribution in [2.24, 2.45) is 0 Å². The van der Waals surface area contributed by atoms with Gasteiger partial charge in [-0.05, 0) is 19.9 Å². The Morgan fingerprint density at radius 3 is 1.76 bits per heavy atom. The summed E-state index contributed by atoms with van der Waals surface area (Å²) in [7, 11) is 0. The number of hydrogen-bond donors (Lipinski definition) is 1. The van der Waals surface area contributed by atoms with Gasteiger partial charge in [-0.1, -0.05) is 0 Å². The molecular weight excluding hydrogens is 297 g/mol. The molecule has 0 bridgehead atoms. The van der Waals surface area contributed by atoms with E-state index in [2.05, 4.69) is 0 Å². The van der Waals surface area contributed by atoms with Crippen LogP contribution in [0.3, 0.4) is 0 Å². The smallest absolute Gasteiger partial charge is 0.337 e. The molecule has 0 aliphatic rings. The molecule has 8 heteroatoms. The maximum Gasteiger partial charge on any atom is 0.337 e. The maximum atomic E-state index is 13.8. The van der Waals surface area contributed by atoms with E-state index in [1.807, 2.05) is 0 Å². The number of aryl methyl sites for hydroxylation is 1. The van der Waals surface area contributed by atoms with Crippen LogP contribution in [0.5, 0.6) is 0 Å². The van der Waals surface area contributed by atoms with Gasteiger partial charge >= 0.3 is 5.97 Å². The van der Waals surface area contributed by atoms with Crippen LogP contribution in [-0.2, 0) is 0 Å². The number of aromatic carboxylic acids is 1. The van der Waals surface area contributed by atoms with Crippen molar-refractivity contribution < 1.29 is 31.9 Å². The van der Waals surface area contributed by atoms with Crippen molar-refractivity contribution in [3.8, 4) is 5.69 Å². The molecule has 2 aromatic rings. The predicted molar refractivity (Wildman–Crippen MR) is 62.0 cm³/mol. The molecule has 1 aromatic heterocycles. The van der Waals surface area contributed by atoms with Crippen molar-refractivity contribution in [2.45, 2.75) is 13.8 Å². The Balaban J connectivity index is 2.90. The Morgan fingerprint density at radius 2 is 1.38 bits per heavy atom. The second-order valence-corrected chi connectivity index (χ2v) is 4.34. The van der Waals surface area contributed by atoms with Crippen molar-refractivity contribution in [1.82, 2.24) is 4.57 Å². The van der Waals surface area contributed by atoms with Crippen molar-refractivity contribution >= 4 is 5.97 Å². The zero-order valence-electron chi connectivity index (χ0n) is 10.8. The quantitative estimate of drug-likeness (QED) is 0.524. The lowest BCUT2D eigenvalue weighted by Crippen LogP contribution is -2.12. The summed E-state index contributed by atoms with van der Waals surface area (Å²) in [6.45, 7) is 2.49. The van der Waals surface area contributed by atoms with Crippen molar-refractivity contribution in [1.29, 1.82) is 0 Å². The van der Waals surface area contributed by atoms with Gasteiger partial charge in [-0.15, -0.1) is 0 Å². The van der Waals surface area contributed by atoms with E-state index in [1.165, 1.54) is 13.8 Å². The Bertz CT molecular complexity index is 738. The lowest BCUT2D eigenvalue weighted by molar-refractivity contribution is 0.0696. The number of carboxylic acids is 1. The lowest BCUT2D eigenvalue weighted by Gasteiger charge is -2.13. The van der Waals surface area contributed by atoms with Gasteiger partial charge in [0.2, 0.25) is 5.82 Å². The third-order valence-corrected chi connectivity index (χ3v) is 3.07. The van der Waals surface area contributed by atoms with Crippen LogP contribution in [-0.4, -0.2) is 15.6 Å². The molecule has 0 aliphatic carbocycles. The van der Waals surface area contributed by atoms with Crippen LogP contribution in [0.2, 0.25) is 0 Å². The van der Waals surface area contributed by atoms with Crippen LogP contribution in [0.1, 0.15) is 21.7 Å². The summed E-state index contributed by atoms with van der Waals surface area (Å²) >= 11 is 0. The van der Waals surface area contributed by atoms with Crippen LogP contribution in [0.25, 0.3) is 5.69 Å². The highest BCUT2D eigenvalue weighted by Gasteiger charge is 2.29. The molecule has 0 saturated heterocycles. The molecule has 21 heavy (non-hydrogen) atoms. The van der Waals surface area contributed by atoms with Gasteiger partial charge < -0.3 is 9.67 Å². The highest BCUT2D eigenvalue weighted by molar-refractivity contribution is 5.89. The largest absolute Gasteiger partial charge is 0.478 e. The normalized spacial score (nSPS) is 11.0. The third kappa shape index (κ3) is 2.07. The molecule has 0 fully saturated rings. The van der Waals surface area contributed by atoms with Gasteiger partial charge in [0, 0.05) is 11.4 Å². The summed E-state index contributed by atoms with van der Waals surface area (Å²) in [4.78, 5) is 11.0. The average molecular weight is 305 g/mol. The molecule has 0 spiro atoms. The summed E-state index contributed by atoms with van der Waals surface area (Å²) in [5.41, 5.74) is -1.62. The van der Waals surface area contributed by atoms with Crippen molar-refractivity contribution in [3.05, 3.63) is 52.1 Å². The topological polar surface area (TPSA) is 42.2 Å². The minimum absolute atomic E-state index is 0.0214. The van der Waals surface area contributed by atoms with E-state index in [0.717, 1.165) is 6.07 Å². The lowest BCUT2D eigenvalue weighted by atomic mass is 10.2. The van der Waals surface area contributed by atoms with E-state index in [4.69, 9.17) is 5.11 Å². The molecular formula is C13H8F5NO2. The van der Waals surface area contributed by atoms with E-state index in [1.54, 1.807) is 0 Å². The fraction of sp³-hybridized carbons (Fsp3) is 0.154. The number of rotatable bonds is 2. The molecule has 0 aliphatic heterocycles. The van der Waals surface area contributed by atoms with Gasteiger partial charge in [-0.25, -0.2) is 26.7 Å². The van der Waals surface area contributed by atoms with Gasteiger partial charge in [0.25, 0.3) is 0 Å². The highest BCUT2D eigenvalue weighted by atomic mass is 19.2. The molecule has 0 unspecified atom stereocenters. The Labute approximate surface area is 115 Å². The summed E-state index contributed by atoms with van der Waals surface area (Å²) in [6, 6.07) is 1.08. The minimum Gasteiger partial charge on any atom is -0.478 e. The number of aromatic nitrogens is 1. The number of carbonyl (C=O) groups is 1. The molecule has 0 radical (unpaired) electrons. The van der Waals surface area contributed by atoms with Gasteiger partial charge in [-0.3, -0.25) is 0 Å². The van der Waals surface area contributed by atoms with Crippen molar-refractivity contribution in [3.63, 3.8) is 0 Å². The van der Waals surface area contributed by atoms with Crippen LogP contribution in [0.15, 0.2) is 6.07 Å². The summed E-state index contributed by atoms with van der Waals surface area (Å²) in [5, 5.41) is 8.93. The second-order valence-electron chi connectivity index (χ2n) is 4.34. The zero-order chi connectivity index (χ0) is 16.1. The number of benzene rings is 1. The van der Waals surface area contributed by atoms with E-state index < -0.39 is 40.7 Å². The fourth-order valence-corrected chi connectivity index (χ4v) is 2.11.